The van der Waals surface area contributed by atoms with Crippen molar-refractivity contribution in [2.24, 2.45) is 0 Å². The fraction of sp³-hybridized carbons (Fsp3) is 0.350. The number of unbranched alkanes of at least 4 members (excludes halogenated alkanes) is 2. The molecular formula is C20H25N5O3. The SMILES string of the molecule is CCCCCNc1nc(N)nc2ccn(COC(=O)c3ccc(OC)cc3)c12. The number of carbonyl (C=O) groups is 1. The molecule has 0 fully saturated rings. The second-order valence-electron chi connectivity index (χ2n) is 6.37. The second-order valence-corrected chi connectivity index (χ2v) is 6.37. The molecule has 0 radical (unpaired) electrons. The van der Waals surface area contributed by atoms with E-state index in [1.54, 1.807) is 42.1 Å². The molecule has 1 aromatic carbocycles. The minimum atomic E-state index is -0.418. The summed E-state index contributed by atoms with van der Waals surface area (Å²) in [6.45, 7) is 2.99. The number of esters is 1. The predicted octanol–water partition coefficient (Wildman–Crippen LogP) is 3.44. The Bertz CT molecular complexity index is 937. The van der Waals surface area contributed by atoms with Crippen LogP contribution in [-0.2, 0) is 11.5 Å². The molecule has 8 nitrogen and oxygen atoms in total. The molecule has 0 atom stereocenters. The number of hydrogen-bond acceptors (Lipinski definition) is 7. The van der Waals surface area contributed by atoms with Crippen molar-refractivity contribution < 1.29 is 14.3 Å². The number of fused-ring (bicyclic) bond motifs is 1. The third-order valence-corrected chi connectivity index (χ3v) is 4.36. The topological polar surface area (TPSA) is 104 Å². The van der Waals surface area contributed by atoms with Crippen LogP contribution in [0.3, 0.4) is 0 Å². The van der Waals surface area contributed by atoms with E-state index in [1.165, 1.54) is 0 Å². The molecule has 8 heteroatoms. The average Bonchev–Trinajstić information content (AvgIpc) is 3.12. The summed E-state index contributed by atoms with van der Waals surface area (Å²) in [4.78, 5) is 20.9. The van der Waals surface area contributed by atoms with E-state index in [0.717, 1.165) is 31.3 Å². The highest BCUT2D eigenvalue weighted by atomic mass is 16.5. The maximum atomic E-state index is 12.3. The summed E-state index contributed by atoms with van der Waals surface area (Å²) in [5.41, 5.74) is 7.73. The maximum Gasteiger partial charge on any atom is 0.339 e. The first-order chi connectivity index (χ1) is 13.6. The maximum absolute atomic E-state index is 12.3. The lowest BCUT2D eigenvalue weighted by molar-refractivity contribution is 0.0379. The van der Waals surface area contributed by atoms with Crippen LogP contribution in [0.15, 0.2) is 36.5 Å². The molecule has 0 unspecified atom stereocenters. The Labute approximate surface area is 163 Å². The van der Waals surface area contributed by atoms with Gasteiger partial charge in [0.25, 0.3) is 0 Å². The summed E-state index contributed by atoms with van der Waals surface area (Å²) in [5.74, 6) is 1.11. The minimum absolute atomic E-state index is 0.0469. The van der Waals surface area contributed by atoms with E-state index < -0.39 is 5.97 Å². The number of benzene rings is 1. The Hall–Kier alpha value is -3.29. The summed E-state index contributed by atoms with van der Waals surface area (Å²) in [7, 11) is 1.58. The van der Waals surface area contributed by atoms with Gasteiger partial charge in [0.15, 0.2) is 12.5 Å². The molecule has 0 bridgehead atoms. The van der Waals surface area contributed by atoms with Crippen molar-refractivity contribution in [1.29, 1.82) is 0 Å². The lowest BCUT2D eigenvalue weighted by Crippen LogP contribution is -2.12. The van der Waals surface area contributed by atoms with E-state index in [2.05, 4.69) is 22.2 Å². The van der Waals surface area contributed by atoms with Crippen LogP contribution in [0.25, 0.3) is 11.0 Å². The Kier molecular flexibility index (Phi) is 6.31. The van der Waals surface area contributed by atoms with Gasteiger partial charge in [0, 0.05) is 12.7 Å². The zero-order valence-corrected chi connectivity index (χ0v) is 16.1. The molecule has 0 spiro atoms. The van der Waals surface area contributed by atoms with Crippen molar-refractivity contribution in [3.8, 4) is 5.75 Å². The number of aromatic nitrogens is 3. The molecule has 0 aliphatic rings. The Morgan fingerprint density at radius 3 is 2.68 bits per heavy atom. The van der Waals surface area contributed by atoms with E-state index in [9.17, 15) is 4.79 Å². The van der Waals surface area contributed by atoms with Gasteiger partial charge in [-0.15, -0.1) is 0 Å². The van der Waals surface area contributed by atoms with Crippen LogP contribution in [0.2, 0.25) is 0 Å². The molecule has 3 aromatic rings. The highest BCUT2D eigenvalue weighted by molar-refractivity contribution is 5.90. The van der Waals surface area contributed by atoms with E-state index in [0.29, 0.717) is 22.6 Å². The van der Waals surface area contributed by atoms with Crippen LogP contribution in [0.1, 0.15) is 36.5 Å². The van der Waals surface area contributed by atoms with Gasteiger partial charge < -0.3 is 25.1 Å². The molecule has 28 heavy (non-hydrogen) atoms. The number of nitrogens with two attached hydrogens (primary N) is 1. The lowest BCUT2D eigenvalue weighted by Gasteiger charge is -2.12. The summed E-state index contributed by atoms with van der Waals surface area (Å²) in [5, 5.41) is 3.32. The highest BCUT2D eigenvalue weighted by Gasteiger charge is 2.13. The van der Waals surface area contributed by atoms with E-state index >= 15 is 0 Å². The number of nitrogen functional groups attached to an aromatic ring is 1. The molecule has 0 saturated heterocycles. The zero-order chi connectivity index (χ0) is 19.9. The van der Waals surface area contributed by atoms with Crippen molar-refractivity contribution in [2.75, 3.05) is 24.7 Å². The number of nitrogens with zero attached hydrogens (tertiary/aromatic N) is 3. The summed E-state index contributed by atoms with van der Waals surface area (Å²) in [6.07, 6.45) is 5.12. The number of nitrogens with one attached hydrogen (secondary N) is 1. The summed E-state index contributed by atoms with van der Waals surface area (Å²) >= 11 is 0. The van der Waals surface area contributed by atoms with Crippen LogP contribution < -0.4 is 15.8 Å². The first-order valence-electron chi connectivity index (χ1n) is 9.29. The van der Waals surface area contributed by atoms with Crippen LogP contribution >= 0.6 is 0 Å². The number of ether oxygens (including phenoxy) is 2. The molecule has 148 valence electrons. The third-order valence-electron chi connectivity index (χ3n) is 4.36. The van der Waals surface area contributed by atoms with Crippen LogP contribution in [0.4, 0.5) is 11.8 Å². The van der Waals surface area contributed by atoms with Gasteiger partial charge in [-0.05, 0) is 36.8 Å². The molecule has 3 N–H and O–H groups in total. The highest BCUT2D eigenvalue weighted by Crippen LogP contribution is 2.23. The minimum Gasteiger partial charge on any atom is -0.497 e. The van der Waals surface area contributed by atoms with E-state index in [4.69, 9.17) is 15.2 Å². The first kappa shape index (κ1) is 19.5. The molecule has 0 aliphatic carbocycles. The quantitative estimate of drug-likeness (QED) is 0.431. The Morgan fingerprint density at radius 2 is 1.96 bits per heavy atom. The Morgan fingerprint density at radius 1 is 1.18 bits per heavy atom. The van der Waals surface area contributed by atoms with Crippen molar-refractivity contribution in [1.82, 2.24) is 14.5 Å². The van der Waals surface area contributed by atoms with Crippen molar-refractivity contribution >= 4 is 28.8 Å². The fourth-order valence-electron chi connectivity index (χ4n) is 2.88. The van der Waals surface area contributed by atoms with Crippen molar-refractivity contribution in [2.45, 2.75) is 32.9 Å². The van der Waals surface area contributed by atoms with Gasteiger partial charge in [-0.1, -0.05) is 19.8 Å². The number of carbonyl (C=O) groups excluding carboxylic acids is 1. The number of rotatable bonds is 9. The smallest absolute Gasteiger partial charge is 0.339 e. The van der Waals surface area contributed by atoms with Gasteiger partial charge >= 0.3 is 5.97 Å². The monoisotopic (exact) mass is 383 g/mol. The second kappa shape index (κ2) is 9.07. The van der Waals surface area contributed by atoms with Gasteiger partial charge in [-0.25, -0.2) is 9.78 Å². The molecule has 0 saturated carbocycles. The van der Waals surface area contributed by atoms with Gasteiger partial charge in [-0.3, -0.25) is 0 Å². The molecule has 0 aliphatic heterocycles. The summed E-state index contributed by atoms with van der Waals surface area (Å²) < 4.78 is 12.3. The molecule has 2 heterocycles. The molecule has 3 rings (SSSR count). The van der Waals surface area contributed by atoms with Crippen LogP contribution in [0.5, 0.6) is 5.75 Å². The molecule has 2 aromatic heterocycles. The number of methoxy groups -OCH3 is 1. The van der Waals surface area contributed by atoms with Crippen LogP contribution in [-0.4, -0.2) is 34.2 Å². The first-order valence-corrected chi connectivity index (χ1v) is 9.29. The van der Waals surface area contributed by atoms with Gasteiger partial charge in [-0.2, -0.15) is 4.98 Å². The summed E-state index contributed by atoms with van der Waals surface area (Å²) in [6, 6.07) is 8.60. The zero-order valence-electron chi connectivity index (χ0n) is 16.1. The normalized spacial score (nSPS) is 10.8. The van der Waals surface area contributed by atoms with Crippen molar-refractivity contribution in [3.05, 3.63) is 42.1 Å². The van der Waals surface area contributed by atoms with Gasteiger partial charge in [0.1, 0.15) is 11.3 Å². The predicted molar refractivity (Wildman–Crippen MR) is 108 cm³/mol. The van der Waals surface area contributed by atoms with Crippen molar-refractivity contribution in [3.63, 3.8) is 0 Å². The number of hydrogen-bond donors (Lipinski definition) is 2. The number of anilines is 2. The largest absolute Gasteiger partial charge is 0.497 e. The lowest BCUT2D eigenvalue weighted by atomic mass is 10.2. The fourth-order valence-corrected chi connectivity index (χ4v) is 2.88. The van der Waals surface area contributed by atoms with Crippen LogP contribution in [0, 0.1) is 0 Å². The van der Waals surface area contributed by atoms with Gasteiger partial charge in [0.05, 0.1) is 18.2 Å². The van der Waals surface area contributed by atoms with E-state index in [1.807, 2.05) is 6.07 Å². The Balaban J connectivity index is 1.74. The average molecular weight is 383 g/mol. The standard InChI is InChI=1S/C20H25N5O3/c1-3-4-5-11-22-18-17-16(23-20(21)24-18)10-12-25(17)13-28-19(26)14-6-8-15(27-2)9-7-14/h6-10,12H,3-5,11,13H2,1-2H3,(H3,21,22,23,24). The van der Waals surface area contributed by atoms with E-state index in [-0.39, 0.29) is 12.7 Å². The van der Waals surface area contributed by atoms with Gasteiger partial charge in [0.2, 0.25) is 5.95 Å². The molecule has 0 amide bonds. The third kappa shape index (κ3) is 4.51. The molecular weight excluding hydrogens is 358 g/mol.